The Morgan fingerprint density at radius 1 is 1.08 bits per heavy atom. The Morgan fingerprint density at radius 2 is 1.90 bits per heavy atom. The van der Waals surface area contributed by atoms with Crippen LogP contribution in [-0.4, -0.2) is 30.1 Å². The molecule has 1 saturated carbocycles. The van der Waals surface area contributed by atoms with Crippen molar-refractivity contribution in [2.45, 2.75) is 64.2 Å². The molecule has 1 N–H and O–H groups in total. The van der Waals surface area contributed by atoms with Gasteiger partial charge in [0, 0.05) is 22.6 Å². The highest BCUT2D eigenvalue weighted by molar-refractivity contribution is 6.30. The van der Waals surface area contributed by atoms with E-state index in [1.165, 1.54) is 6.42 Å². The molecular weight excluding hydrogens is 512 g/mol. The molecule has 1 fully saturated rings. The number of hydrogen-bond donors (Lipinski definition) is 1. The number of halogens is 1. The van der Waals surface area contributed by atoms with Crippen LogP contribution in [0.5, 0.6) is 0 Å². The number of benzene rings is 2. The lowest BCUT2D eigenvalue weighted by atomic mass is 9.95. The van der Waals surface area contributed by atoms with Gasteiger partial charge in [0.05, 0.1) is 18.8 Å². The first-order valence-corrected chi connectivity index (χ1v) is 13.9. The molecule has 2 aromatic carbocycles. The molecule has 1 atom stereocenters. The molecule has 1 aliphatic rings. The van der Waals surface area contributed by atoms with E-state index in [2.05, 4.69) is 31.5 Å². The second-order valence-electron chi connectivity index (χ2n) is 10.4. The lowest BCUT2D eigenvalue weighted by Gasteiger charge is -2.32. The second-order valence-corrected chi connectivity index (χ2v) is 10.9. The van der Waals surface area contributed by atoms with Crippen molar-refractivity contribution < 1.29 is 4.42 Å². The zero-order valence-electron chi connectivity index (χ0n) is 21.9. The maximum absolute atomic E-state index is 13.8. The summed E-state index contributed by atoms with van der Waals surface area (Å²) in [7, 11) is 0. The third-order valence-electron chi connectivity index (χ3n) is 7.61. The molecule has 0 bridgehead atoms. The first-order valence-electron chi connectivity index (χ1n) is 13.5. The molecule has 3 aromatic heterocycles. The van der Waals surface area contributed by atoms with E-state index in [1.807, 2.05) is 66.2 Å². The van der Waals surface area contributed by atoms with E-state index in [-0.39, 0.29) is 11.6 Å². The molecule has 1 aliphatic carbocycles. The summed E-state index contributed by atoms with van der Waals surface area (Å²) in [5.41, 5.74) is 3.40. The van der Waals surface area contributed by atoms with Gasteiger partial charge < -0.3 is 9.40 Å². The molecule has 1 unspecified atom stereocenters. The van der Waals surface area contributed by atoms with Crippen LogP contribution < -0.4 is 5.56 Å². The van der Waals surface area contributed by atoms with Gasteiger partial charge in [-0.05, 0) is 83.1 Å². The van der Waals surface area contributed by atoms with E-state index in [0.29, 0.717) is 29.5 Å². The van der Waals surface area contributed by atoms with Crippen molar-refractivity contribution in [3.63, 3.8) is 0 Å². The monoisotopic (exact) mass is 542 g/mol. The van der Waals surface area contributed by atoms with Crippen molar-refractivity contribution in [1.29, 1.82) is 0 Å². The zero-order chi connectivity index (χ0) is 26.8. The van der Waals surface area contributed by atoms with Gasteiger partial charge in [0.25, 0.3) is 5.56 Å². The van der Waals surface area contributed by atoms with Crippen LogP contribution in [0.25, 0.3) is 10.9 Å². The van der Waals surface area contributed by atoms with Gasteiger partial charge in [0.15, 0.2) is 5.82 Å². The summed E-state index contributed by atoms with van der Waals surface area (Å²) in [4.78, 5) is 19.1. The summed E-state index contributed by atoms with van der Waals surface area (Å²) >= 11 is 6.19. The third kappa shape index (κ3) is 5.53. The number of fused-ring (bicyclic) bond motifs is 1. The van der Waals surface area contributed by atoms with Gasteiger partial charge in [0.1, 0.15) is 11.8 Å². The quantitative estimate of drug-likeness (QED) is 0.245. The minimum Gasteiger partial charge on any atom is -0.468 e. The van der Waals surface area contributed by atoms with Crippen LogP contribution in [0.4, 0.5) is 0 Å². The number of tetrazole rings is 1. The van der Waals surface area contributed by atoms with E-state index in [1.54, 1.807) is 6.26 Å². The van der Waals surface area contributed by atoms with Crippen LogP contribution in [0, 0.1) is 6.92 Å². The maximum atomic E-state index is 13.8. The normalized spacial score (nSPS) is 15.3. The molecule has 6 rings (SSSR count). The fourth-order valence-corrected chi connectivity index (χ4v) is 5.79. The largest absolute Gasteiger partial charge is 0.468 e. The molecule has 0 amide bonds. The average Bonchev–Trinajstić information content (AvgIpc) is 3.64. The van der Waals surface area contributed by atoms with Crippen molar-refractivity contribution >= 4 is 22.5 Å². The van der Waals surface area contributed by atoms with Gasteiger partial charge in [-0.3, -0.25) is 9.69 Å². The summed E-state index contributed by atoms with van der Waals surface area (Å²) in [6.07, 6.45) is 7.22. The predicted molar refractivity (Wildman–Crippen MR) is 150 cm³/mol. The Balaban J connectivity index is 1.52. The second kappa shape index (κ2) is 11.2. The fraction of sp³-hybridized carbons (Fsp3) is 0.333. The van der Waals surface area contributed by atoms with Gasteiger partial charge in [-0.1, -0.05) is 55.1 Å². The van der Waals surface area contributed by atoms with Gasteiger partial charge in [0.2, 0.25) is 0 Å². The van der Waals surface area contributed by atoms with Gasteiger partial charge in [-0.2, -0.15) is 0 Å². The van der Waals surface area contributed by atoms with Crippen LogP contribution in [0.2, 0.25) is 5.02 Å². The van der Waals surface area contributed by atoms with Crippen LogP contribution in [-0.2, 0) is 13.1 Å². The highest BCUT2D eigenvalue weighted by Crippen LogP contribution is 2.34. The standard InChI is InChI=1S/C30H31ClN6O2/c1-20-9-12-22-17-26(30(38)32-27(22)16-20)28(29-33-34-35-37(29)24-6-3-2-4-7-24)36(19-25-8-5-15-39-25)18-21-10-13-23(31)14-11-21/h5,8-17,24,28H,2-4,6-7,18-19H2,1H3,(H,32,38). The minimum absolute atomic E-state index is 0.156. The van der Waals surface area contributed by atoms with E-state index >= 15 is 0 Å². The number of aromatic nitrogens is 5. The van der Waals surface area contributed by atoms with Crippen molar-refractivity contribution in [3.8, 4) is 0 Å². The molecule has 200 valence electrons. The summed E-state index contributed by atoms with van der Waals surface area (Å²) in [5, 5.41) is 14.8. The highest BCUT2D eigenvalue weighted by Gasteiger charge is 2.33. The van der Waals surface area contributed by atoms with Gasteiger partial charge in [-0.25, -0.2) is 4.68 Å². The summed E-state index contributed by atoms with van der Waals surface area (Å²) in [5.74, 6) is 1.46. The molecule has 39 heavy (non-hydrogen) atoms. The number of nitrogens with one attached hydrogen (secondary N) is 1. The van der Waals surface area contributed by atoms with Crippen molar-refractivity contribution in [1.82, 2.24) is 30.1 Å². The third-order valence-corrected chi connectivity index (χ3v) is 7.86. The van der Waals surface area contributed by atoms with E-state index in [4.69, 9.17) is 16.0 Å². The van der Waals surface area contributed by atoms with E-state index < -0.39 is 6.04 Å². The van der Waals surface area contributed by atoms with Crippen LogP contribution in [0.1, 0.15) is 72.5 Å². The molecule has 9 heteroatoms. The Morgan fingerprint density at radius 3 is 2.67 bits per heavy atom. The first-order chi connectivity index (χ1) is 19.0. The molecule has 3 heterocycles. The zero-order valence-corrected chi connectivity index (χ0v) is 22.6. The number of furan rings is 1. The number of hydrogen-bond acceptors (Lipinski definition) is 6. The Bertz CT molecular complexity index is 1600. The van der Waals surface area contributed by atoms with Crippen molar-refractivity contribution in [2.75, 3.05) is 0 Å². The predicted octanol–water partition coefficient (Wildman–Crippen LogP) is 6.37. The van der Waals surface area contributed by atoms with Crippen LogP contribution in [0.15, 0.2) is 76.1 Å². The maximum Gasteiger partial charge on any atom is 0.253 e. The summed E-state index contributed by atoms with van der Waals surface area (Å²) in [6.45, 7) is 3.01. The average molecular weight is 543 g/mol. The summed E-state index contributed by atoms with van der Waals surface area (Å²) < 4.78 is 7.74. The number of rotatable bonds is 8. The molecule has 8 nitrogen and oxygen atoms in total. The van der Waals surface area contributed by atoms with Crippen LogP contribution >= 0.6 is 11.6 Å². The van der Waals surface area contributed by atoms with Gasteiger partial charge >= 0.3 is 0 Å². The smallest absolute Gasteiger partial charge is 0.253 e. The number of H-pyrrole nitrogens is 1. The number of nitrogens with zero attached hydrogens (tertiary/aromatic N) is 5. The first kappa shape index (κ1) is 25.5. The topological polar surface area (TPSA) is 92.8 Å². The highest BCUT2D eigenvalue weighted by atomic mass is 35.5. The molecular formula is C30H31ClN6O2. The molecule has 0 spiro atoms. The van der Waals surface area contributed by atoms with Crippen molar-refractivity contribution in [3.05, 3.63) is 111 Å². The molecule has 0 aliphatic heterocycles. The number of aryl methyl sites for hydroxylation is 1. The lowest BCUT2D eigenvalue weighted by molar-refractivity contribution is 0.173. The molecule has 0 saturated heterocycles. The van der Waals surface area contributed by atoms with Gasteiger partial charge in [-0.15, -0.1) is 5.10 Å². The van der Waals surface area contributed by atoms with E-state index in [9.17, 15) is 4.79 Å². The number of pyridine rings is 1. The summed E-state index contributed by atoms with van der Waals surface area (Å²) in [6, 6.07) is 19.4. The number of aromatic amines is 1. The van der Waals surface area contributed by atoms with E-state index in [0.717, 1.165) is 53.5 Å². The Hall–Kier alpha value is -3.75. The van der Waals surface area contributed by atoms with Crippen LogP contribution in [0.3, 0.4) is 0 Å². The lowest BCUT2D eigenvalue weighted by Crippen LogP contribution is -2.35. The molecule has 0 radical (unpaired) electrons. The fourth-order valence-electron chi connectivity index (χ4n) is 5.67. The Kier molecular flexibility index (Phi) is 7.30. The minimum atomic E-state index is -0.517. The van der Waals surface area contributed by atoms with Crippen molar-refractivity contribution in [2.24, 2.45) is 0 Å². The Labute approximate surface area is 231 Å². The molecule has 5 aromatic rings. The SMILES string of the molecule is Cc1ccc2cc(C(c3nnnn3C3CCCCC3)N(Cc3ccc(Cl)cc3)Cc3ccco3)c(=O)[nH]c2c1.